The maximum absolute atomic E-state index is 12.6. The molecule has 0 aliphatic carbocycles. The van der Waals surface area contributed by atoms with Gasteiger partial charge in [-0.25, -0.2) is 13.2 Å². The Kier molecular flexibility index (Phi) is 6.53. The van der Waals surface area contributed by atoms with E-state index >= 15 is 0 Å². The zero-order valence-electron chi connectivity index (χ0n) is 15.2. The van der Waals surface area contributed by atoms with Gasteiger partial charge >= 0.3 is 5.97 Å². The summed E-state index contributed by atoms with van der Waals surface area (Å²) in [6.45, 7) is 3.52. The zero-order valence-corrected chi connectivity index (χ0v) is 16.0. The molecule has 1 atom stereocenters. The number of nitrogens with zero attached hydrogens (tertiary/aromatic N) is 2. The quantitative estimate of drug-likeness (QED) is 0.386. The Balaban J connectivity index is 2.07. The van der Waals surface area contributed by atoms with Crippen LogP contribution in [0.5, 0.6) is 0 Å². The fraction of sp³-hybridized carbons (Fsp3) is 0.529. The van der Waals surface area contributed by atoms with E-state index in [0.717, 1.165) is 0 Å². The topological polar surface area (TPSA) is 124 Å². The third kappa shape index (κ3) is 5.49. The number of hydrogen-bond acceptors (Lipinski definition) is 7. The Labute approximate surface area is 157 Å². The van der Waals surface area contributed by atoms with Crippen molar-refractivity contribution in [3.8, 4) is 0 Å². The molecular formula is C17H22N2O7S. The molecule has 9 nitrogen and oxygen atoms in total. The fourth-order valence-corrected chi connectivity index (χ4v) is 4.69. The Morgan fingerprint density at radius 2 is 2.00 bits per heavy atom. The van der Waals surface area contributed by atoms with Crippen LogP contribution in [-0.2, 0) is 19.4 Å². The van der Waals surface area contributed by atoms with Crippen molar-refractivity contribution in [1.82, 2.24) is 4.90 Å². The van der Waals surface area contributed by atoms with Gasteiger partial charge in [0.2, 0.25) is 0 Å². The number of rotatable bonds is 7. The Morgan fingerprint density at radius 1 is 1.33 bits per heavy atom. The molecule has 1 heterocycles. The molecule has 0 spiro atoms. The highest BCUT2D eigenvalue weighted by atomic mass is 32.2. The largest absolute Gasteiger partial charge is 0.452 e. The number of amides is 1. The molecular weight excluding hydrogens is 376 g/mol. The molecule has 1 fully saturated rings. The van der Waals surface area contributed by atoms with E-state index in [2.05, 4.69) is 0 Å². The van der Waals surface area contributed by atoms with Gasteiger partial charge in [0.25, 0.3) is 11.6 Å². The summed E-state index contributed by atoms with van der Waals surface area (Å²) in [5.41, 5.74) is -0.648. The number of nitro groups is 1. The first-order valence-corrected chi connectivity index (χ1v) is 10.3. The summed E-state index contributed by atoms with van der Waals surface area (Å²) in [5.74, 6) is -1.47. The van der Waals surface area contributed by atoms with E-state index in [1.807, 2.05) is 13.8 Å². The average Bonchev–Trinajstić information content (AvgIpc) is 2.96. The molecule has 148 valence electrons. The summed E-state index contributed by atoms with van der Waals surface area (Å²) in [7, 11) is -3.18. The van der Waals surface area contributed by atoms with Gasteiger partial charge in [-0.3, -0.25) is 14.9 Å². The SMILES string of the molecule is CC(C)CN(C(=O)COC(=O)c1ccccc1[N+](=O)[O-])[C@H]1CCS(=O)(=O)C1. The van der Waals surface area contributed by atoms with Crippen molar-refractivity contribution in [2.45, 2.75) is 26.3 Å². The third-order valence-electron chi connectivity index (χ3n) is 4.18. The first kappa shape index (κ1) is 20.8. The first-order valence-electron chi connectivity index (χ1n) is 8.51. The number of esters is 1. The minimum atomic E-state index is -3.18. The molecule has 0 saturated carbocycles. The van der Waals surface area contributed by atoms with Gasteiger partial charge in [0.15, 0.2) is 16.4 Å². The molecule has 1 aromatic carbocycles. The van der Waals surface area contributed by atoms with E-state index in [1.165, 1.54) is 29.2 Å². The van der Waals surface area contributed by atoms with Gasteiger partial charge in [0, 0.05) is 18.7 Å². The third-order valence-corrected chi connectivity index (χ3v) is 5.93. The van der Waals surface area contributed by atoms with E-state index in [9.17, 15) is 28.1 Å². The smallest absolute Gasteiger partial charge is 0.345 e. The molecule has 27 heavy (non-hydrogen) atoms. The molecule has 1 aliphatic heterocycles. The van der Waals surface area contributed by atoms with Crippen LogP contribution in [-0.4, -0.2) is 60.8 Å². The number of hydrogen-bond donors (Lipinski definition) is 0. The van der Waals surface area contributed by atoms with Crippen LogP contribution in [0.15, 0.2) is 24.3 Å². The van der Waals surface area contributed by atoms with Crippen molar-refractivity contribution in [3.05, 3.63) is 39.9 Å². The lowest BCUT2D eigenvalue weighted by molar-refractivity contribution is -0.385. The normalized spacial score (nSPS) is 18.3. The molecule has 0 aromatic heterocycles. The lowest BCUT2D eigenvalue weighted by Crippen LogP contribution is -2.45. The van der Waals surface area contributed by atoms with E-state index in [0.29, 0.717) is 13.0 Å². The second kappa shape index (κ2) is 8.47. The van der Waals surface area contributed by atoms with E-state index < -0.39 is 45.0 Å². The van der Waals surface area contributed by atoms with E-state index in [4.69, 9.17) is 4.74 Å². The highest BCUT2D eigenvalue weighted by Crippen LogP contribution is 2.21. The van der Waals surface area contributed by atoms with Gasteiger partial charge in [0.1, 0.15) is 5.56 Å². The molecule has 0 radical (unpaired) electrons. The van der Waals surface area contributed by atoms with Crippen LogP contribution in [0.1, 0.15) is 30.6 Å². The number of benzene rings is 1. The van der Waals surface area contributed by atoms with Gasteiger partial charge in [-0.1, -0.05) is 26.0 Å². The van der Waals surface area contributed by atoms with Gasteiger partial charge < -0.3 is 9.64 Å². The number of carbonyl (C=O) groups excluding carboxylic acids is 2. The molecule has 1 amide bonds. The number of para-hydroxylation sites is 1. The standard InChI is InChI=1S/C17H22N2O7S/c1-12(2)9-18(13-7-8-27(24,25)11-13)16(20)10-26-17(21)14-5-3-4-6-15(14)19(22)23/h3-6,12-13H,7-11H2,1-2H3/t13-/m0/s1. The summed E-state index contributed by atoms with van der Waals surface area (Å²) in [6.07, 6.45) is 0.346. The first-order chi connectivity index (χ1) is 12.6. The van der Waals surface area contributed by atoms with Crippen molar-refractivity contribution in [1.29, 1.82) is 0 Å². The molecule has 0 bridgehead atoms. The molecule has 0 unspecified atom stereocenters. The molecule has 2 rings (SSSR count). The van der Waals surface area contributed by atoms with Gasteiger partial charge in [-0.2, -0.15) is 0 Å². The van der Waals surface area contributed by atoms with Crippen LogP contribution < -0.4 is 0 Å². The lowest BCUT2D eigenvalue weighted by Gasteiger charge is -2.29. The predicted molar refractivity (Wildman–Crippen MR) is 97.0 cm³/mol. The number of nitro benzene ring substituents is 1. The van der Waals surface area contributed by atoms with Crippen molar-refractivity contribution in [2.24, 2.45) is 5.92 Å². The molecule has 1 aromatic rings. The summed E-state index contributed by atoms with van der Waals surface area (Å²) >= 11 is 0. The van der Waals surface area contributed by atoms with E-state index in [1.54, 1.807) is 0 Å². The van der Waals surface area contributed by atoms with Crippen molar-refractivity contribution in [3.63, 3.8) is 0 Å². The monoisotopic (exact) mass is 398 g/mol. The average molecular weight is 398 g/mol. The van der Waals surface area contributed by atoms with Crippen LogP contribution in [0.3, 0.4) is 0 Å². The highest BCUT2D eigenvalue weighted by molar-refractivity contribution is 7.91. The number of ether oxygens (including phenoxy) is 1. The van der Waals surface area contributed by atoms with Crippen LogP contribution in [0.4, 0.5) is 5.69 Å². The van der Waals surface area contributed by atoms with Gasteiger partial charge in [0.05, 0.1) is 16.4 Å². The van der Waals surface area contributed by atoms with Crippen molar-refractivity contribution in [2.75, 3.05) is 24.7 Å². The molecule has 1 saturated heterocycles. The van der Waals surface area contributed by atoms with Crippen LogP contribution in [0, 0.1) is 16.0 Å². The number of carbonyl (C=O) groups is 2. The lowest BCUT2D eigenvalue weighted by atomic mass is 10.1. The maximum Gasteiger partial charge on any atom is 0.345 e. The summed E-state index contributed by atoms with van der Waals surface area (Å²) in [5, 5.41) is 11.0. The summed E-state index contributed by atoms with van der Waals surface area (Å²) in [6, 6.07) is 4.85. The summed E-state index contributed by atoms with van der Waals surface area (Å²) in [4.78, 5) is 36.4. The second-order valence-electron chi connectivity index (χ2n) is 6.85. The predicted octanol–water partition coefficient (Wildman–Crippen LogP) is 1.42. The van der Waals surface area contributed by atoms with Gasteiger partial charge in [-0.15, -0.1) is 0 Å². The minimum absolute atomic E-state index is 0.0234. The van der Waals surface area contributed by atoms with Crippen LogP contribution >= 0.6 is 0 Å². The maximum atomic E-state index is 12.6. The second-order valence-corrected chi connectivity index (χ2v) is 9.08. The Morgan fingerprint density at radius 3 is 2.56 bits per heavy atom. The molecule has 0 N–H and O–H groups in total. The fourth-order valence-electron chi connectivity index (χ4n) is 2.96. The van der Waals surface area contributed by atoms with Crippen molar-refractivity contribution < 1.29 is 27.7 Å². The van der Waals surface area contributed by atoms with Crippen molar-refractivity contribution >= 4 is 27.4 Å². The minimum Gasteiger partial charge on any atom is -0.452 e. The van der Waals surface area contributed by atoms with Crippen LogP contribution in [0.2, 0.25) is 0 Å². The summed E-state index contributed by atoms with van der Waals surface area (Å²) < 4.78 is 28.4. The van der Waals surface area contributed by atoms with Gasteiger partial charge in [-0.05, 0) is 18.4 Å². The Bertz CT molecular complexity index is 835. The molecule has 10 heteroatoms. The van der Waals surface area contributed by atoms with Crippen LogP contribution in [0.25, 0.3) is 0 Å². The van der Waals surface area contributed by atoms with E-state index in [-0.39, 0.29) is 23.0 Å². The highest BCUT2D eigenvalue weighted by Gasteiger charge is 2.35. The Hall–Kier alpha value is -2.49. The zero-order chi connectivity index (χ0) is 20.2. The number of sulfone groups is 1. The molecule has 1 aliphatic rings.